The lowest BCUT2D eigenvalue weighted by molar-refractivity contribution is 0.0177. The van der Waals surface area contributed by atoms with Crippen LogP contribution in [0.4, 0.5) is 0 Å². The minimum Gasteiger partial charge on any atom is -0.487 e. The van der Waals surface area contributed by atoms with Crippen LogP contribution in [-0.4, -0.2) is 39.8 Å². The number of ether oxygens (including phenoxy) is 1. The van der Waals surface area contributed by atoms with Gasteiger partial charge in [-0.2, -0.15) is 5.10 Å². The summed E-state index contributed by atoms with van der Waals surface area (Å²) in [6.07, 6.45) is 3.41. The van der Waals surface area contributed by atoms with Gasteiger partial charge in [0.2, 0.25) is 0 Å². The van der Waals surface area contributed by atoms with E-state index in [2.05, 4.69) is 5.10 Å². The van der Waals surface area contributed by atoms with Gasteiger partial charge in [-0.3, -0.25) is 9.48 Å². The van der Waals surface area contributed by atoms with Gasteiger partial charge in [0.05, 0.1) is 24.8 Å². The van der Waals surface area contributed by atoms with Crippen LogP contribution < -0.4 is 4.74 Å². The molecule has 1 fully saturated rings. The third-order valence-electron chi connectivity index (χ3n) is 3.38. The molecule has 5 nitrogen and oxygen atoms in total. The Morgan fingerprint density at radius 2 is 2.20 bits per heavy atom. The van der Waals surface area contributed by atoms with Crippen LogP contribution in [0, 0.1) is 6.92 Å². The molecular weight excluding hydrogens is 254 g/mol. The van der Waals surface area contributed by atoms with Crippen LogP contribution in [0.3, 0.4) is 0 Å². The van der Waals surface area contributed by atoms with E-state index in [-0.39, 0.29) is 12.0 Å². The fourth-order valence-corrected chi connectivity index (χ4v) is 2.27. The number of nitrogens with zero attached hydrogens (tertiary/aromatic N) is 3. The Hall–Kier alpha value is -2.30. The maximum Gasteiger partial charge on any atom is 0.257 e. The summed E-state index contributed by atoms with van der Waals surface area (Å²) >= 11 is 0. The van der Waals surface area contributed by atoms with E-state index in [1.54, 1.807) is 29.0 Å². The molecule has 0 spiro atoms. The molecule has 0 N–H and O–H groups in total. The van der Waals surface area contributed by atoms with Crippen molar-refractivity contribution in [2.24, 2.45) is 7.05 Å². The number of aromatic nitrogens is 2. The average Bonchev–Trinajstić information content (AvgIpc) is 2.79. The summed E-state index contributed by atoms with van der Waals surface area (Å²) in [7, 11) is 1.80. The molecule has 104 valence electrons. The Kier molecular flexibility index (Phi) is 3.18. The van der Waals surface area contributed by atoms with E-state index in [4.69, 9.17) is 4.74 Å². The van der Waals surface area contributed by atoms with Gasteiger partial charge < -0.3 is 9.64 Å². The Morgan fingerprint density at radius 3 is 2.85 bits per heavy atom. The molecule has 1 aliphatic heterocycles. The molecular formula is C15H17N3O2. The number of hydrogen-bond donors (Lipinski definition) is 0. The van der Waals surface area contributed by atoms with E-state index in [1.165, 1.54) is 5.56 Å². The molecule has 0 radical (unpaired) electrons. The lowest BCUT2D eigenvalue weighted by atomic mass is 10.1. The first kappa shape index (κ1) is 12.7. The van der Waals surface area contributed by atoms with Gasteiger partial charge in [-0.25, -0.2) is 0 Å². The number of aryl methyl sites for hydroxylation is 2. The molecule has 0 saturated carbocycles. The van der Waals surface area contributed by atoms with Gasteiger partial charge in [-0.05, 0) is 24.6 Å². The lowest BCUT2D eigenvalue weighted by Crippen LogP contribution is -2.56. The monoisotopic (exact) mass is 271 g/mol. The highest BCUT2D eigenvalue weighted by molar-refractivity contribution is 5.94. The summed E-state index contributed by atoms with van der Waals surface area (Å²) in [6, 6.07) is 7.96. The van der Waals surface area contributed by atoms with Crippen molar-refractivity contribution >= 4 is 5.91 Å². The second kappa shape index (κ2) is 5.00. The van der Waals surface area contributed by atoms with E-state index in [0.717, 1.165) is 5.75 Å². The normalized spacial score (nSPS) is 15.0. The van der Waals surface area contributed by atoms with Gasteiger partial charge in [0.25, 0.3) is 5.91 Å². The molecule has 1 aliphatic rings. The molecule has 5 heteroatoms. The van der Waals surface area contributed by atoms with Crippen molar-refractivity contribution in [3.8, 4) is 5.75 Å². The van der Waals surface area contributed by atoms with Crippen molar-refractivity contribution in [2.75, 3.05) is 13.1 Å². The van der Waals surface area contributed by atoms with Crippen LogP contribution in [-0.2, 0) is 7.05 Å². The molecule has 0 aliphatic carbocycles. The van der Waals surface area contributed by atoms with Gasteiger partial charge in [0, 0.05) is 13.2 Å². The number of amides is 1. The first-order chi connectivity index (χ1) is 9.61. The smallest absolute Gasteiger partial charge is 0.257 e. The van der Waals surface area contributed by atoms with Crippen LogP contribution in [0.1, 0.15) is 15.9 Å². The molecule has 2 aromatic rings. The van der Waals surface area contributed by atoms with Crippen molar-refractivity contribution in [3.05, 3.63) is 47.8 Å². The molecule has 1 aromatic heterocycles. The highest BCUT2D eigenvalue weighted by atomic mass is 16.5. The van der Waals surface area contributed by atoms with Crippen molar-refractivity contribution in [1.82, 2.24) is 14.7 Å². The highest BCUT2D eigenvalue weighted by Gasteiger charge is 2.33. The Labute approximate surface area is 117 Å². The maximum atomic E-state index is 12.1. The molecule has 20 heavy (non-hydrogen) atoms. The maximum absolute atomic E-state index is 12.1. The van der Waals surface area contributed by atoms with Gasteiger partial charge in [-0.15, -0.1) is 0 Å². The third-order valence-corrected chi connectivity index (χ3v) is 3.38. The molecule has 1 saturated heterocycles. The van der Waals surface area contributed by atoms with Crippen LogP contribution in [0.5, 0.6) is 5.75 Å². The van der Waals surface area contributed by atoms with Gasteiger partial charge >= 0.3 is 0 Å². The van der Waals surface area contributed by atoms with E-state index in [0.29, 0.717) is 18.7 Å². The second-order valence-electron chi connectivity index (χ2n) is 5.17. The van der Waals surface area contributed by atoms with Crippen LogP contribution >= 0.6 is 0 Å². The molecule has 1 aromatic carbocycles. The molecule has 0 bridgehead atoms. The summed E-state index contributed by atoms with van der Waals surface area (Å²) in [6.45, 7) is 3.29. The van der Waals surface area contributed by atoms with Crippen LogP contribution in [0.25, 0.3) is 0 Å². The fourth-order valence-electron chi connectivity index (χ4n) is 2.27. The van der Waals surface area contributed by atoms with E-state index >= 15 is 0 Å². The van der Waals surface area contributed by atoms with Crippen LogP contribution in [0.15, 0.2) is 36.7 Å². The highest BCUT2D eigenvalue weighted by Crippen LogP contribution is 2.20. The van der Waals surface area contributed by atoms with Crippen molar-refractivity contribution < 1.29 is 9.53 Å². The summed E-state index contributed by atoms with van der Waals surface area (Å²) in [5.41, 5.74) is 1.80. The quantitative estimate of drug-likeness (QED) is 0.852. The zero-order valence-electron chi connectivity index (χ0n) is 11.6. The van der Waals surface area contributed by atoms with Crippen molar-refractivity contribution in [1.29, 1.82) is 0 Å². The molecule has 2 heterocycles. The number of hydrogen-bond acceptors (Lipinski definition) is 3. The van der Waals surface area contributed by atoms with E-state index in [1.807, 2.05) is 31.2 Å². The number of carbonyl (C=O) groups excluding carboxylic acids is 1. The number of carbonyl (C=O) groups is 1. The van der Waals surface area contributed by atoms with Gasteiger partial charge in [-0.1, -0.05) is 12.1 Å². The molecule has 0 unspecified atom stereocenters. The Morgan fingerprint density at radius 1 is 1.40 bits per heavy atom. The minimum atomic E-state index is 0.0159. The zero-order valence-corrected chi connectivity index (χ0v) is 11.6. The molecule has 3 rings (SSSR count). The van der Waals surface area contributed by atoms with E-state index in [9.17, 15) is 4.79 Å². The predicted molar refractivity (Wildman–Crippen MR) is 74.7 cm³/mol. The molecule has 0 atom stereocenters. The predicted octanol–water partition coefficient (Wildman–Crippen LogP) is 1.63. The Bertz CT molecular complexity index is 630. The standard InChI is InChI=1S/C15H17N3O2/c1-11-4-3-5-13(6-11)20-14-9-18(10-14)15(19)12-7-16-17(2)8-12/h3-8,14H,9-10H2,1-2H3. The third kappa shape index (κ3) is 2.52. The summed E-state index contributed by atoms with van der Waals surface area (Å²) < 4.78 is 7.47. The average molecular weight is 271 g/mol. The molecule has 1 amide bonds. The topological polar surface area (TPSA) is 47.4 Å². The van der Waals surface area contributed by atoms with E-state index < -0.39 is 0 Å². The van der Waals surface area contributed by atoms with Crippen molar-refractivity contribution in [2.45, 2.75) is 13.0 Å². The number of benzene rings is 1. The Balaban J connectivity index is 1.55. The second-order valence-corrected chi connectivity index (χ2v) is 5.17. The number of likely N-dealkylation sites (tertiary alicyclic amines) is 1. The van der Waals surface area contributed by atoms with Crippen molar-refractivity contribution in [3.63, 3.8) is 0 Å². The SMILES string of the molecule is Cc1cccc(OC2CN(C(=O)c3cnn(C)c3)C2)c1. The van der Waals surface area contributed by atoms with Crippen LogP contribution in [0.2, 0.25) is 0 Å². The largest absolute Gasteiger partial charge is 0.487 e. The fraction of sp³-hybridized carbons (Fsp3) is 0.333. The first-order valence-electron chi connectivity index (χ1n) is 6.63. The summed E-state index contributed by atoms with van der Waals surface area (Å²) in [5.74, 6) is 0.880. The van der Waals surface area contributed by atoms with Gasteiger partial charge in [0.1, 0.15) is 11.9 Å². The lowest BCUT2D eigenvalue weighted by Gasteiger charge is -2.38. The van der Waals surface area contributed by atoms with Gasteiger partial charge in [0.15, 0.2) is 0 Å². The summed E-state index contributed by atoms with van der Waals surface area (Å²) in [4.78, 5) is 13.9. The number of rotatable bonds is 3. The summed E-state index contributed by atoms with van der Waals surface area (Å²) in [5, 5.41) is 4.01. The first-order valence-corrected chi connectivity index (χ1v) is 6.63. The minimum absolute atomic E-state index is 0.0159. The zero-order chi connectivity index (χ0) is 14.1.